The van der Waals surface area contributed by atoms with E-state index in [0.717, 1.165) is 20.3 Å². The third-order valence-corrected chi connectivity index (χ3v) is 11.9. The Morgan fingerprint density at radius 2 is 1.43 bits per heavy atom. The Morgan fingerprint density at radius 3 is 1.74 bits per heavy atom. The molecule has 23 heavy (non-hydrogen) atoms. The second-order valence-corrected chi connectivity index (χ2v) is 14.0. The van der Waals surface area contributed by atoms with Gasteiger partial charge >= 0.3 is 0 Å². The van der Waals surface area contributed by atoms with E-state index in [1.165, 1.54) is 0 Å². The van der Waals surface area contributed by atoms with Crippen LogP contribution in [0.4, 0.5) is 0 Å². The largest absolute Gasteiger partial charge is 0.543 e. The Bertz CT molecular complexity index is 529. The molecular formula is C17H27Br2NO2Si. The van der Waals surface area contributed by atoms with Crippen LogP contribution in [0.15, 0.2) is 21.1 Å². The second kappa shape index (κ2) is 8.16. The van der Waals surface area contributed by atoms with Gasteiger partial charge in [0.2, 0.25) is 5.91 Å². The number of carbonyl (C=O) groups excluding carboxylic acids is 1. The van der Waals surface area contributed by atoms with E-state index < -0.39 is 8.32 Å². The first kappa shape index (κ1) is 20.7. The summed E-state index contributed by atoms with van der Waals surface area (Å²) < 4.78 is 8.36. The molecular weight excluding hydrogens is 438 g/mol. The monoisotopic (exact) mass is 463 g/mol. The first-order valence-electron chi connectivity index (χ1n) is 7.97. The van der Waals surface area contributed by atoms with Gasteiger partial charge in [-0.25, -0.2) is 0 Å². The minimum absolute atomic E-state index is 0.197. The van der Waals surface area contributed by atoms with E-state index in [4.69, 9.17) is 10.2 Å². The SMILES string of the molecule is CC(C)[Si](Oc1cc(Br)c(CC(N)=O)c(Br)c1)(C(C)C)C(C)C. The fourth-order valence-corrected chi connectivity index (χ4v) is 10.2. The highest BCUT2D eigenvalue weighted by atomic mass is 79.9. The van der Waals surface area contributed by atoms with Gasteiger partial charge in [0.25, 0.3) is 8.32 Å². The molecule has 0 fully saturated rings. The van der Waals surface area contributed by atoms with Crippen molar-refractivity contribution in [3.05, 3.63) is 26.6 Å². The summed E-state index contributed by atoms with van der Waals surface area (Å²) in [5.41, 5.74) is 7.69. The van der Waals surface area contributed by atoms with Crippen molar-refractivity contribution in [1.29, 1.82) is 0 Å². The van der Waals surface area contributed by atoms with E-state index >= 15 is 0 Å². The summed E-state index contributed by atoms with van der Waals surface area (Å²) in [5.74, 6) is 0.495. The molecule has 0 atom stereocenters. The van der Waals surface area contributed by atoms with Crippen LogP contribution >= 0.6 is 31.9 Å². The summed E-state index contributed by atoms with van der Waals surface area (Å²) in [7, 11) is -2.00. The van der Waals surface area contributed by atoms with Gasteiger partial charge in [0.05, 0.1) is 6.42 Å². The Kier molecular flexibility index (Phi) is 7.35. The lowest BCUT2D eigenvalue weighted by molar-refractivity contribution is -0.117. The number of benzene rings is 1. The fourth-order valence-electron chi connectivity index (χ4n) is 3.54. The minimum Gasteiger partial charge on any atom is -0.543 e. The summed E-state index contributed by atoms with van der Waals surface area (Å²) in [4.78, 5) is 11.2. The van der Waals surface area contributed by atoms with Crippen molar-refractivity contribution >= 4 is 46.1 Å². The molecule has 0 aliphatic heterocycles. The maximum atomic E-state index is 11.2. The number of halogens is 2. The van der Waals surface area contributed by atoms with Crippen molar-refractivity contribution in [1.82, 2.24) is 0 Å². The second-order valence-electron chi connectivity index (χ2n) is 6.93. The van der Waals surface area contributed by atoms with Crippen molar-refractivity contribution < 1.29 is 9.22 Å². The van der Waals surface area contributed by atoms with E-state index in [2.05, 4.69) is 73.4 Å². The topological polar surface area (TPSA) is 52.3 Å². The molecule has 1 rings (SSSR count). The highest BCUT2D eigenvalue weighted by molar-refractivity contribution is 9.11. The molecule has 130 valence electrons. The number of hydrogen-bond donors (Lipinski definition) is 1. The molecule has 2 N–H and O–H groups in total. The van der Waals surface area contributed by atoms with Crippen molar-refractivity contribution in [3.63, 3.8) is 0 Å². The average molecular weight is 465 g/mol. The lowest BCUT2D eigenvalue weighted by Gasteiger charge is -2.42. The predicted molar refractivity (Wildman–Crippen MR) is 106 cm³/mol. The average Bonchev–Trinajstić information content (AvgIpc) is 2.38. The molecule has 0 saturated heterocycles. The fraction of sp³-hybridized carbons (Fsp3) is 0.588. The van der Waals surface area contributed by atoms with Crippen molar-refractivity contribution in [2.75, 3.05) is 0 Å². The maximum absolute atomic E-state index is 11.2. The Hall–Kier alpha value is -0.333. The number of carbonyl (C=O) groups is 1. The van der Waals surface area contributed by atoms with Gasteiger partial charge in [0, 0.05) is 8.95 Å². The van der Waals surface area contributed by atoms with Gasteiger partial charge in [0.1, 0.15) is 5.75 Å². The number of nitrogens with two attached hydrogens (primary N) is 1. The summed E-state index contributed by atoms with van der Waals surface area (Å²) in [6.07, 6.45) is 0.197. The molecule has 0 bridgehead atoms. The first-order valence-corrected chi connectivity index (χ1v) is 11.7. The zero-order chi connectivity index (χ0) is 17.9. The zero-order valence-corrected chi connectivity index (χ0v) is 18.9. The lowest BCUT2D eigenvalue weighted by atomic mass is 10.1. The molecule has 3 nitrogen and oxygen atoms in total. The van der Waals surface area contributed by atoms with E-state index in [0.29, 0.717) is 16.6 Å². The van der Waals surface area contributed by atoms with E-state index in [9.17, 15) is 4.79 Å². The van der Waals surface area contributed by atoms with Gasteiger partial charge in [-0.2, -0.15) is 0 Å². The van der Waals surface area contributed by atoms with Crippen LogP contribution in [0.3, 0.4) is 0 Å². The number of rotatable bonds is 7. The van der Waals surface area contributed by atoms with Gasteiger partial charge in [-0.05, 0) is 34.3 Å². The van der Waals surface area contributed by atoms with Gasteiger partial charge in [0.15, 0.2) is 0 Å². The molecule has 1 amide bonds. The number of primary amides is 1. The van der Waals surface area contributed by atoms with Crippen LogP contribution in [0.25, 0.3) is 0 Å². The lowest BCUT2D eigenvalue weighted by Crippen LogP contribution is -2.50. The smallest absolute Gasteiger partial charge is 0.258 e. The summed E-state index contributed by atoms with van der Waals surface area (Å²) >= 11 is 7.09. The van der Waals surface area contributed by atoms with Crippen molar-refractivity contribution in [2.45, 2.75) is 64.6 Å². The first-order chi connectivity index (χ1) is 10.5. The van der Waals surface area contributed by atoms with Gasteiger partial charge in [-0.15, -0.1) is 0 Å². The van der Waals surface area contributed by atoms with Crippen LogP contribution in [0.1, 0.15) is 47.1 Å². The molecule has 0 unspecified atom stereocenters. The Morgan fingerprint density at radius 1 is 1.04 bits per heavy atom. The van der Waals surface area contributed by atoms with Crippen molar-refractivity contribution in [2.24, 2.45) is 5.73 Å². The molecule has 0 radical (unpaired) electrons. The summed E-state index contributed by atoms with van der Waals surface area (Å²) in [6.45, 7) is 13.6. The van der Waals surface area contributed by atoms with E-state index in [1.54, 1.807) is 0 Å². The molecule has 1 aromatic carbocycles. The molecule has 0 heterocycles. The Balaban J connectivity index is 3.28. The molecule has 1 aromatic rings. The zero-order valence-electron chi connectivity index (χ0n) is 14.7. The van der Waals surface area contributed by atoms with Crippen molar-refractivity contribution in [3.8, 4) is 5.75 Å². The number of amides is 1. The maximum Gasteiger partial charge on any atom is 0.258 e. The van der Waals surface area contributed by atoms with Crippen LogP contribution in [0.2, 0.25) is 16.6 Å². The normalized spacial score (nSPS) is 12.3. The molecule has 0 saturated carbocycles. The quantitative estimate of drug-likeness (QED) is 0.518. The minimum atomic E-state index is -2.00. The number of hydrogen-bond acceptors (Lipinski definition) is 2. The predicted octanol–water partition coefficient (Wildman–Crippen LogP) is 5.79. The third-order valence-electron chi connectivity index (χ3n) is 4.47. The van der Waals surface area contributed by atoms with E-state index in [1.807, 2.05) is 12.1 Å². The third kappa shape index (κ3) is 4.60. The molecule has 0 aliphatic rings. The summed E-state index contributed by atoms with van der Waals surface area (Å²) in [6, 6.07) is 3.91. The standard InChI is InChI=1S/C17H27Br2NO2Si/c1-10(2)23(11(3)4,12(5)6)22-13-7-15(18)14(9-17(20)21)16(19)8-13/h7-8,10-12H,9H2,1-6H3,(H2,20,21). The van der Waals surface area contributed by atoms with E-state index in [-0.39, 0.29) is 12.3 Å². The van der Waals surface area contributed by atoms with Crippen LogP contribution in [-0.4, -0.2) is 14.2 Å². The van der Waals surface area contributed by atoms with Crippen LogP contribution < -0.4 is 10.2 Å². The highest BCUT2D eigenvalue weighted by Gasteiger charge is 2.47. The van der Waals surface area contributed by atoms with Gasteiger partial charge in [-0.3, -0.25) is 4.79 Å². The Labute approximate surface area is 157 Å². The van der Waals surface area contributed by atoms with Crippen LogP contribution in [-0.2, 0) is 11.2 Å². The highest BCUT2D eigenvalue weighted by Crippen LogP contribution is 2.44. The van der Waals surface area contributed by atoms with Gasteiger partial charge in [-0.1, -0.05) is 73.4 Å². The molecule has 0 aliphatic carbocycles. The van der Waals surface area contributed by atoms with Crippen LogP contribution in [0.5, 0.6) is 5.75 Å². The van der Waals surface area contributed by atoms with Gasteiger partial charge < -0.3 is 10.2 Å². The summed E-state index contributed by atoms with van der Waals surface area (Å²) in [5, 5.41) is 0. The molecule has 0 spiro atoms. The molecule has 0 aromatic heterocycles. The van der Waals surface area contributed by atoms with Crippen LogP contribution in [0, 0.1) is 0 Å². The molecule has 6 heteroatoms.